The van der Waals surface area contributed by atoms with Crippen LogP contribution >= 0.6 is 0 Å². The molecule has 0 bridgehead atoms. The van der Waals surface area contributed by atoms with Gasteiger partial charge in [0, 0.05) is 12.8 Å². The van der Waals surface area contributed by atoms with Crippen LogP contribution in [0, 0.1) is 0 Å². The second-order valence-corrected chi connectivity index (χ2v) is 19.9. The number of carboxylic acids is 1. The normalized spacial score (nSPS) is 13.1. The zero-order chi connectivity index (χ0) is 49.2. The highest BCUT2D eigenvalue weighted by Gasteiger charge is 2.25. The van der Waals surface area contributed by atoms with Crippen molar-refractivity contribution in [2.75, 3.05) is 47.5 Å². The van der Waals surface area contributed by atoms with Crippen LogP contribution in [0.15, 0.2) is 48.6 Å². The molecular formula is C58H106NO8+. The van der Waals surface area contributed by atoms with Gasteiger partial charge in [0.05, 0.1) is 34.4 Å². The number of likely N-dealkylation sites (N-methyl/N-ethyl adjacent to an activating group) is 1. The van der Waals surface area contributed by atoms with Crippen molar-refractivity contribution < 1.29 is 42.9 Å². The number of allylic oxidation sites excluding steroid dienone is 8. The lowest BCUT2D eigenvalue weighted by Gasteiger charge is -2.25. The third-order valence-electron chi connectivity index (χ3n) is 12.1. The monoisotopic (exact) mass is 945 g/mol. The van der Waals surface area contributed by atoms with Crippen LogP contribution in [0.4, 0.5) is 0 Å². The van der Waals surface area contributed by atoms with E-state index in [9.17, 15) is 19.5 Å². The molecule has 0 aliphatic rings. The van der Waals surface area contributed by atoms with Gasteiger partial charge in [-0.1, -0.05) is 210 Å². The zero-order valence-corrected chi connectivity index (χ0v) is 44.3. The Morgan fingerprint density at radius 3 is 1.30 bits per heavy atom. The molecule has 0 aromatic carbocycles. The van der Waals surface area contributed by atoms with Gasteiger partial charge in [-0.3, -0.25) is 9.59 Å². The summed E-state index contributed by atoms with van der Waals surface area (Å²) in [6.45, 7) is 4.74. The minimum Gasteiger partial charge on any atom is -0.477 e. The van der Waals surface area contributed by atoms with Gasteiger partial charge in [0.25, 0.3) is 6.29 Å². The Hall–Kier alpha value is -2.75. The molecule has 67 heavy (non-hydrogen) atoms. The van der Waals surface area contributed by atoms with Gasteiger partial charge in [0.2, 0.25) is 0 Å². The Labute approximate surface area is 412 Å². The Morgan fingerprint density at radius 2 is 0.851 bits per heavy atom. The summed E-state index contributed by atoms with van der Waals surface area (Å²) >= 11 is 0. The SMILES string of the molecule is CC/C=C\C/C=C\C/C=C\CCCCCC(=O)OC(COC(=O)CCCCCCCCCCCCCCCCCCC/C=C\CCCCCCCCCC)COC(OCC[N+](C)(C)C)C(=O)O. The second kappa shape index (κ2) is 49.7. The number of esters is 2. The van der Waals surface area contributed by atoms with E-state index in [4.69, 9.17) is 18.9 Å². The summed E-state index contributed by atoms with van der Waals surface area (Å²) in [5.41, 5.74) is 0. The van der Waals surface area contributed by atoms with Crippen molar-refractivity contribution in [3.05, 3.63) is 48.6 Å². The Balaban J connectivity index is 4.12. The molecular weight excluding hydrogens is 839 g/mol. The summed E-state index contributed by atoms with van der Waals surface area (Å²) in [6, 6.07) is 0. The van der Waals surface area contributed by atoms with Crippen molar-refractivity contribution in [3.63, 3.8) is 0 Å². The smallest absolute Gasteiger partial charge is 0.361 e. The van der Waals surface area contributed by atoms with E-state index in [0.717, 1.165) is 57.8 Å². The van der Waals surface area contributed by atoms with Crippen LogP contribution in [0.25, 0.3) is 0 Å². The molecule has 0 fully saturated rings. The first-order valence-electron chi connectivity index (χ1n) is 27.8. The number of carbonyl (C=O) groups excluding carboxylic acids is 2. The molecule has 0 saturated heterocycles. The highest BCUT2D eigenvalue weighted by Crippen LogP contribution is 2.16. The molecule has 0 aliphatic carbocycles. The Bertz CT molecular complexity index is 1240. The molecule has 0 aliphatic heterocycles. The van der Waals surface area contributed by atoms with Gasteiger partial charge in [0.1, 0.15) is 13.2 Å². The number of carbonyl (C=O) groups is 3. The fourth-order valence-electron chi connectivity index (χ4n) is 7.79. The zero-order valence-electron chi connectivity index (χ0n) is 44.3. The van der Waals surface area contributed by atoms with Gasteiger partial charge >= 0.3 is 17.9 Å². The third-order valence-corrected chi connectivity index (χ3v) is 12.1. The molecule has 9 heteroatoms. The predicted octanol–water partition coefficient (Wildman–Crippen LogP) is 15.9. The molecule has 0 rings (SSSR count). The van der Waals surface area contributed by atoms with E-state index in [1.54, 1.807) is 0 Å². The predicted molar refractivity (Wildman–Crippen MR) is 281 cm³/mol. The summed E-state index contributed by atoms with van der Waals surface area (Å²) in [5.74, 6) is -2.04. The van der Waals surface area contributed by atoms with Crippen LogP contribution in [-0.2, 0) is 33.3 Å². The van der Waals surface area contributed by atoms with Crippen molar-refractivity contribution in [1.29, 1.82) is 0 Å². The number of carboxylic acid groups (broad SMARTS) is 1. The van der Waals surface area contributed by atoms with E-state index in [-0.39, 0.29) is 32.2 Å². The number of quaternary nitrogens is 1. The minimum atomic E-state index is -1.52. The van der Waals surface area contributed by atoms with Crippen molar-refractivity contribution in [2.45, 2.75) is 257 Å². The molecule has 0 heterocycles. The quantitative estimate of drug-likeness (QED) is 0.0211. The van der Waals surface area contributed by atoms with E-state index >= 15 is 0 Å². The molecule has 0 spiro atoms. The molecule has 0 amide bonds. The standard InChI is InChI=1S/C58H105NO8/c1-6-8-10-12-14-16-18-20-21-22-23-24-25-26-27-28-29-30-31-32-33-34-35-37-38-40-42-44-46-48-55(60)65-52-54(53-66-58(57(62)63)64-51-50-59(3,4)5)67-56(61)49-47-45-43-41-39-36-19-17-15-13-11-9-7-2/h9,11,15,17,22-23,36,39,54,58H,6-8,10,12-14,16,18-21,24-35,37-38,40-53H2,1-5H3/p+1/b11-9-,17-15-,23-22-,39-36-. The maximum absolute atomic E-state index is 12.8. The highest BCUT2D eigenvalue weighted by atomic mass is 16.7. The largest absolute Gasteiger partial charge is 0.477 e. The number of hydrogen-bond donors (Lipinski definition) is 1. The molecule has 1 N–H and O–H groups in total. The fraction of sp³-hybridized carbons (Fsp3) is 0.810. The average molecular weight is 945 g/mol. The molecule has 2 unspecified atom stereocenters. The third kappa shape index (κ3) is 50.9. The molecule has 0 aromatic rings. The molecule has 0 saturated carbocycles. The number of rotatable bonds is 51. The van der Waals surface area contributed by atoms with Crippen molar-refractivity contribution in [3.8, 4) is 0 Å². The number of aliphatic carboxylic acids is 1. The van der Waals surface area contributed by atoms with Crippen LogP contribution in [0.3, 0.4) is 0 Å². The van der Waals surface area contributed by atoms with E-state index in [2.05, 4.69) is 62.5 Å². The molecule has 9 nitrogen and oxygen atoms in total. The van der Waals surface area contributed by atoms with E-state index < -0.39 is 24.3 Å². The second-order valence-electron chi connectivity index (χ2n) is 19.9. The van der Waals surface area contributed by atoms with E-state index in [0.29, 0.717) is 23.9 Å². The summed E-state index contributed by atoms with van der Waals surface area (Å²) < 4.78 is 22.8. The summed E-state index contributed by atoms with van der Waals surface area (Å²) in [4.78, 5) is 37.3. The lowest BCUT2D eigenvalue weighted by Crippen LogP contribution is -2.40. The highest BCUT2D eigenvalue weighted by molar-refractivity contribution is 5.71. The van der Waals surface area contributed by atoms with Crippen LogP contribution in [0.2, 0.25) is 0 Å². The summed E-state index contributed by atoms with van der Waals surface area (Å²) in [6.07, 6.45) is 57.8. The van der Waals surface area contributed by atoms with Crippen molar-refractivity contribution >= 4 is 17.9 Å². The molecule has 0 radical (unpaired) electrons. The first-order chi connectivity index (χ1) is 32.6. The van der Waals surface area contributed by atoms with Crippen LogP contribution in [0.1, 0.15) is 245 Å². The maximum Gasteiger partial charge on any atom is 0.361 e. The van der Waals surface area contributed by atoms with Gasteiger partial charge in [0.15, 0.2) is 6.10 Å². The van der Waals surface area contributed by atoms with Crippen LogP contribution in [-0.4, -0.2) is 87.4 Å². The van der Waals surface area contributed by atoms with Crippen LogP contribution < -0.4 is 0 Å². The number of hydrogen-bond acceptors (Lipinski definition) is 7. The van der Waals surface area contributed by atoms with E-state index in [1.165, 1.54) is 154 Å². The van der Waals surface area contributed by atoms with Crippen molar-refractivity contribution in [1.82, 2.24) is 0 Å². The number of ether oxygens (including phenoxy) is 4. The first-order valence-corrected chi connectivity index (χ1v) is 27.8. The van der Waals surface area contributed by atoms with Gasteiger partial charge in [-0.2, -0.15) is 0 Å². The van der Waals surface area contributed by atoms with Gasteiger partial charge in [-0.15, -0.1) is 0 Å². The minimum absolute atomic E-state index is 0.182. The topological polar surface area (TPSA) is 108 Å². The lowest BCUT2D eigenvalue weighted by atomic mass is 10.0. The van der Waals surface area contributed by atoms with Crippen molar-refractivity contribution in [2.24, 2.45) is 0 Å². The molecule has 2 atom stereocenters. The Kier molecular flexibility index (Phi) is 47.6. The number of nitrogens with zero attached hydrogens (tertiary/aromatic N) is 1. The average Bonchev–Trinajstić information content (AvgIpc) is 3.29. The lowest BCUT2D eigenvalue weighted by molar-refractivity contribution is -0.870. The van der Waals surface area contributed by atoms with Crippen LogP contribution in [0.5, 0.6) is 0 Å². The summed E-state index contributed by atoms with van der Waals surface area (Å²) in [7, 11) is 5.95. The Morgan fingerprint density at radius 1 is 0.463 bits per heavy atom. The van der Waals surface area contributed by atoms with Gasteiger partial charge < -0.3 is 28.5 Å². The number of unbranched alkanes of at least 4 members (excludes halogenated alkanes) is 28. The van der Waals surface area contributed by atoms with Gasteiger partial charge in [-0.05, 0) is 70.6 Å². The molecule has 390 valence electrons. The van der Waals surface area contributed by atoms with Gasteiger partial charge in [-0.25, -0.2) is 4.79 Å². The molecule has 0 aromatic heterocycles. The maximum atomic E-state index is 12.8. The fourth-order valence-corrected chi connectivity index (χ4v) is 7.79. The first kappa shape index (κ1) is 64.2. The van der Waals surface area contributed by atoms with E-state index in [1.807, 2.05) is 21.1 Å². The summed E-state index contributed by atoms with van der Waals surface area (Å²) in [5, 5.41) is 9.66.